The molecule has 2 aromatic heterocycles. The van der Waals surface area contributed by atoms with Crippen molar-refractivity contribution >= 4 is 44.6 Å². The van der Waals surface area contributed by atoms with Crippen LogP contribution in [0, 0.1) is 6.92 Å². The lowest BCUT2D eigenvalue weighted by atomic mass is 10.1. The van der Waals surface area contributed by atoms with Crippen LogP contribution in [0.5, 0.6) is 0 Å². The molecule has 0 unspecified atom stereocenters. The monoisotopic (exact) mass is 612 g/mol. The minimum Gasteiger partial charge on any atom is -0.347 e. The number of carbonyl (C=O) groups excluding carboxylic acids is 1. The molecule has 0 atom stereocenters. The van der Waals surface area contributed by atoms with E-state index in [4.69, 9.17) is 4.84 Å². The zero-order valence-electron chi connectivity index (χ0n) is 25.1. The van der Waals surface area contributed by atoms with E-state index in [-0.39, 0.29) is 17.1 Å². The molecule has 0 aliphatic rings. The van der Waals surface area contributed by atoms with E-state index in [2.05, 4.69) is 69.1 Å². The number of nitrogens with one attached hydrogen (secondary N) is 1. The number of fused-ring (bicyclic) bond motifs is 1. The van der Waals surface area contributed by atoms with E-state index >= 15 is 0 Å². The third-order valence-corrected chi connectivity index (χ3v) is 9.13. The second kappa shape index (κ2) is 13.7. The lowest BCUT2D eigenvalue weighted by Crippen LogP contribution is -2.30. The van der Waals surface area contributed by atoms with E-state index in [0.717, 1.165) is 54.8 Å². The molecular formula is C33H36N6O4S. The Morgan fingerprint density at radius 3 is 2.39 bits per heavy atom. The summed E-state index contributed by atoms with van der Waals surface area (Å²) >= 11 is 0. The van der Waals surface area contributed by atoms with Gasteiger partial charge >= 0.3 is 6.47 Å². The number of hydrogen-bond donors (Lipinski definition) is 1. The number of anilines is 3. The highest BCUT2D eigenvalue weighted by atomic mass is 32.2. The first-order valence-corrected chi connectivity index (χ1v) is 16.0. The van der Waals surface area contributed by atoms with Gasteiger partial charge in [-0.1, -0.05) is 42.1 Å². The van der Waals surface area contributed by atoms with Crippen molar-refractivity contribution in [2.45, 2.75) is 38.6 Å². The van der Waals surface area contributed by atoms with Crippen LogP contribution in [0.4, 0.5) is 17.2 Å². The Balaban J connectivity index is 1.29. The van der Waals surface area contributed by atoms with Crippen LogP contribution in [0.1, 0.15) is 25.8 Å². The van der Waals surface area contributed by atoms with Crippen LogP contribution in [0.3, 0.4) is 0 Å². The number of carbonyl (C=O) groups is 1. The average molecular weight is 613 g/mol. The Bertz CT molecular complexity index is 1820. The molecule has 0 saturated carbocycles. The fourth-order valence-corrected chi connectivity index (χ4v) is 6.28. The van der Waals surface area contributed by atoms with Crippen LogP contribution < -0.4 is 9.79 Å². The molecule has 5 rings (SSSR count). The quantitative estimate of drug-likeness (QED) is 0.117. The summed E-state index contributed by atoms with van der Waals surface area (Å²) in [6.07, 6.45) is 4.74. The Morgan fingerprint density at radius 1 is 0.932 bits per heavy atom. The Hall–Kier alpha value is -4.74. The van der Waals surface area contributed by atoms with E-state index in [1.807, 2.05) is 13.0 Å². The van der Waals surface area contributed by atoms with Crippen LogP contribution in [0.2, 0.25) is 0 Å². The first-order chi connectivity index (χ1) is 21.3. The molecule has 5 aromatic rings. The van der Waals surface area contributed by atoms with E-state index in [0.29, 0.717) is 16.0 Å². The molecule has 0 saturated heterocycles. The maximum Gasteiger partial charge on any atom is 0.322 e. The maximum absolute atomic E-state index is 13.2. The maximum atomic E-state index is 13.2. The summed E-state index contributed by atoms with van der Waals surface area (Å²) in [7, 11) is -4.13. The summed E-state index contributed by atoms with van der Waals surface area (Å²) in [5, 5.41) is 4.38. The second-order valence-electron chi connectivity index (χ2n) is 10.4. The lowest BCUT2D eigenvalue weighted by molar-refractivity contribution is -0.128. The van der Waals surface area contributed by atoms with E-state index in [9.17, 15) is 13.2 Å². The molecule has 3 aromatic carbocycles. The normalized spacial score (nSPS) is 11.5. The second-order valence-corrected chi connectivity index (χ2v) is 12.1. The molecule has 0 bridgehead atoms. The Labute approximate surface area is 257 Å². The Kier molecular flexibility index (Phi) is 9.56. The predicted octanol–water partition coefficient (Wildman–Crippen LogP) is 6.17. The third kappa shape index (κ3) is 6.90. The van der Waals surface area contributed by atoms with Crippen molar-refractivity contribution in [1.29, 1.82) is 0 Å². The molecule has 0 aliphatic heterocycles. The van der Waals surface area contributed by atoms with Crippen LogP contribution in [-0.4, -0.2) is 54.0 Å². The molecule has 10 nitrogen and oxygen atoms in total. The van der Waals surface area contributed by atoms with Gasteiger partial charge in [-0.3, -0.25) is 4.79 Å². The molecule has 0 fully saturated rings. The molecular weight excluding hydrogens is 576 g/mol. The summed E-state index contributed by atoms with van der Waals surface area (Å²) in [4.78, 5) is 27.4. The van der Waals surface area contributed by atoms with E-state index in [1.54, 1.807) is 36.4 Å². The zero-order chi connectivity index (χ0) is 31.1. The Morgan fingerprint density at radius 2 is 1.68 bits per heavy atom. The van der Waals surface area contributed by atoms with Gasteiger partial charge in [0.15, 0.2) is 0 Å². The average Bonchev–Trinajstić information content (AvgIpc) is 3.45. The van der Waals surface area contributed by atoms with Gasteiger partial charge in [0, 0.05) is 41.0 Å². The summed E-state index contributed by atoms with van der Waals surface area (Å²) in [6, 6.07) is 23.1. The standard InChI is InChI=1S/C33H36N6O4S/c1-4-37(5-2)18-6-19-38-20-17-27-21-26(9-16-32(27)38)31-22-33(35-23-34-31)36-28-10-12-29(13-11-28)39(43-24-40)44(41,42)30-14-7-25(3)8-15-30/h7-17,20-24H,4-6,18-19H2,1-3H3,(H,34,35,36). The third-order valence-electron chi connectivity index (χ3n) is 7.53. The number of hydrogen-bond acceptors (Lipinski definition) is 8. The first kappa shape index (κ1) is 30.7. The minimum absolute atomic E-state index is 0.00529. The predicted molar refractivity (Wildman–Crippen MR) is 173 cm³/mol. The van der Waals surface area contributed by atoms with Gasteiger partial charge < -0.3 is 19.6 Å². The molecule has 11 heteroatoms. The van der Waals surface area contributed by atoms with Gasteiger partial charge in [0.25, 0.3) is 10.0 Å². The van der Waals surface area contributed by atoms with Gasteiger partial charge in [-0.25, -0.2) is 9.97 Å². The minimum atomic E-state index is -4.13. The van der Waals surface area contributed by atoms with Gasteiger partial charge in [0.05, 0.1) is 16.3 Å². The van der Waals surface area contributed by atoms with Gasteiger partial charge in [-0.15, -0.1) is 0 Å². The van der Waals surface area contributed by atoms with Gasteiger partial charge in [-0.05, 0) is 87.6 Å². The fourth-order valence-electron chi connectivity index (χ4n) is 5.06. The molecule has 0 aliphatic carbocycles. The summed E-state index contributed by atoms with van der Waals surface area (Å²) in [5.41, 5.74) is 4.67. The highest BCUT2D eigenvalue weighted by Gasteiger charge is 2.27. The van der Waals surface area contributed by atoms with Crippen LogP contribution in [0.25, 0.3) is 22.2 Å². The zero-order valence-corrected chi connectivity index (χ0v) is 25.9. The first-order valence-electron chi connectivity index (χ1n) is 14.6. The van der Waals surface area contributed by atoms with Crippen molar-refractivity contribution in [2.75, 3.05) is 29.4 Å². The summed E-state index contributed by atoms with van der Waals surface area (Å²) in [5.74, 6) is 0.574. The summed E-state index contributed by atoms with van der Waals surface area (Å²) in [6.45, 7) is 10.5. The molecule has 0 spiro atoms. The SMILES string of the molecule is CCN(CC)CCCn1ccc2cc(-c3cc(Nc4ccc(N(OC=O)S(=O)(=O)c5ccc(C)cc5)cc4)ncn3)ccc21. The van der Waals surface area contributed by atoms with Crippen molar-refractivity contribution in [3.05, 3.63) is 97.0 Å². The lowest BCUT2D eigenvalue weighted by Gasteiger charge is -2.21. The van der Waals surface area contributed by atoms with Crippen LogP contribution >= 0.6 is 0 Å². The molecule has 228 valence electrons. The van der Waals surface area contributed by atoms with Crippen molar-refractivity contribution < 1.29 is 18.0 Å². The van der Waals surface area contributed by atoms with Crippen molar-refractivity contribution in [1.82, 2.24) is 19.4 Å². The van der Waals surface area contributed by atoms with Gasteiger partial charge in [-0.2, -0.15) is 8.42 Å². The number of rotatable bonds is 14. The molecule has 44 heavy (non-hydrogen) atoms. The topological polar surface area (TPSA) is 110 Å². The number of aromatic nitrogens is 3. The number of aryl methyl sites for hydroxylation is 2. The fraction of sp³-hybridized carbons (Fsp3) is 0.242. The highest BCUT2D eigenvalue weighted by molar-refractivity contribution is 7.92. The molecule has 0 radical (unpaired) electrons. The molecule has 1 N–H and O–H groups in total. The summed E-state index contributed by atoms with van der Waals surface area (Å²) < 4.78 is 29.2. The smallest absolute Gasteiger partial charge is 0.322 e. The number of nitrogens with zero attached hydrogens (tertiary/aromatic N) is 5. The van der Waals surface area contributed by atoms with Crippen molar-refractivity contribution in [3.63, 3.8) is 0 Å². The van der Waals surface area contributed by atoms with Crippen LogP contribution in [-0.2, 0) is 26.2 Å². The van der Waals surface area contributed by atoms with Crippen LogP contribution in [0.15, 0.2) is 96.3 Å². The van der Waals surface area contributed by atoms with E-state index < -0.39 is 10.0 Å². The largest absolute Gasteiger partial charge is 0.347 e. The van der Waals surface area contributed by atoms with Gasteiger partial charge in [0.2, 0.25) is 0 Å². The van der Waals surface area contributed by atoms with Gasteiger partial charge in [0.1, 0.15) is 12.1 Å². The molecule has 2 heterocycles. The van der Waals surface area contributed by atoms with Crippen molar-refractivity contribution in [2.24, 2.45) is 0 Å². The van der Waals surface area contributed by atoms with E-state index in [1.165, 1.54) is 24.0 Å². The van der Waals surface area contributed by atoms with Crippen molar-refractivity contribution in [3.8, 4) is 11.3 Å². The number of sulfonamides is 1. The highest BCUT2D eigenvalue weighted by Crippen LogP contribution is 2.28. The number of benzene rings is 3. The molecule has 0 amide bonds.